The zero-order valence-corrected chi connectivity index (χ0v) is 11.1. The summed E-state index contributed by atoms with van der Waals surface area (Å²) in [5.74, 6) is -0.00837. The van der Waals surface area contributed by atoms with Crippen LogP contribution in [0, 0.1) is 5.92 Å². The average molecular weight is 266 g/mol. The Kier molecular flexibility index (Phi) is 6.83. The van der Waals surface area contributed by atoms with Gasteiger partial charge < -0.3 is 9.47 Å². The van der Waals surface area contributed by atoms with E-state index in [1.165, 1.54) is 13.8 Å². The van der Waals surface area contributed by atoms with Gasteiger partial charge in [-0.15, -0.1) is 0 Å². The maximum Gasteiger partial charge on any atom is 0.308 e. The molecule has 1 aromatic rings. The van der Waals surface area contributed by atoms with Crippen molar-refractivity contribution in [2.75, 3.05) is 0 Å². The second-order valence-corrected chi connectivity index (χ2v) is 4.44. The standard InChI is InChI=1S/C14H18O4.CH4/c1-9(2)14(18-11(4)16)12-5-7-13(8-6-12)17-10(3)15;/h5-9,14H,1-4H3;1H4. The molecular weight excluding hydrogens is 244 g/mol. The van der Waals surface area contributed by atoms with Gasteiger partial charge in [-0.05, 0) is 23.6 Å². The molecule has 0 aliphatic rings. The van der Waals surface area contributed by atoms with E-state index in [9.17, 15) is 9.59 Å². The maximum atomic E-state index is 11.1. The van der Waals surface area contributed by atoms with Crippen molar-refractivity contribution in [1.82, 2.24) is 0 Å². The molecule has 0 heterocycles. The summed E-state index contributed by atoms with van der Waals surface area (Å²) < 4.78 is 10.2. The van der Waals surface area contributed by atoms with Gasteiger partial charge in [0.05, 0.1) is 0 Å². The molecule has 0 spiro atoms. The van der Waals surface area contributed by atoms with Gasteiger partial charge in [-0.1, -0.05) is 33.4 Å². The molecule has 106 valence electrons. The molecule has 1 aromatic carbocycles. The van der Waals surface area contributed by atoms with E-state index in [4.69, 9.17) is 9.47 Å². The summed E-state index contributed by atoms with van der Waals surface area (Å²) in [6, 6.07) is 6.98. The molecule has 0 aromatic heterocycles. The Morgan fingerprint density at radius 2 is 1.53 bits per heavy atom. The summed E-state index contributed by atoms with van der Waals surface area (Å²) in [4.78, 5) is 21.8. The van der Waals surface area contributed by atoms with E-state index in [2.05, 4.69) is 0 Å². The summed E-state index contributed by atoms with van der Waals surface area (Å²) >= 11 is 0. The Labute approximate surface area is 114 Å². The monoisotopic (exact) mass is 266 g/mol. The van der Waals surface area contributed by atoms with Crippen LogP contribution in [-0.4, -0.2) is 11.9 Å². The van der Waals surface area contributed by atoms with E-state index in [1.54, 1.807) is 24.3 Å². The van der Waals surface area contributed by atoms with Crippen molar-refractivity contribution in [2.24, 2.45) is 5.92 Å². The van der Waals surface area contributed by atoms with E-state index < -0.39 is 0 Å². The smallest absolute Gasteiger partial charge is 0.308 e. The summed E-state index contributed by atoms with van der Waals surface area (Å²) in [5.41, 5.74) is 0.885. The molecule has 1 unspecified atom stereocenters. The third kappa shape index (κ3) is 5.55. The minimum Gasteiger partial charge on any atom is -0.457 e. The van der Waals surface area contributed by atoms with Gasteiger partial charge in [0, 0.05) is 13.8 Å². The fourth-order valence-electron chi connectivity index (χ4n) is 1.66. The third-order valence-electron chi connectivity index (χ3n) is 2.37. The number of rotatable bonds is 4. The predicted molar refractivity (Wildman–Crippen MR) is 73.8 cm³/mol. The normalized spacial score (nSPS) is 11.4. The van der Waals surface area contributed by atoms with Crippen molar-refractivity contribution >= 4 is 11.9 Å². The molecular formula is C15H22O4. The first kappa shape index (κ1) is 17.2. The van der Waals surface area contributed by atoms with Crippen LogP contribution in [0.5, 0.6) is 5.75 Å². The molecule has 0 amide bonds. The number of carbonyl (C=O) groups is 2. The summed E-state index contributed by atoms with van der Waals surface area (Å²) in [6.45, 7) is 6.70. The molecule has 0 fully saturated rings. The van der Waals surface area contributed by atoms with E-state index in [1.807, 2.05) is 13.8 Å². The SMILES string of the molecule is C.CC(=O)Oc1ccc(C(OC(C)=O)C(C)C)cc1. The van der Waals surface area contributed by atoms with E-state index in [-0.39, 0.29) is 31.4 Å². The number of carbonyl (C=O) groups excluding carboxylic acids is 2. The molecule has 1 rings (SSSR count). The Morgan fingerprint density at radius 3 is 1.89 bits per heavy atom. The van der Waals surface area contributed by atoms with Crippen molar-refractivity contribution < 1.29 is 19.1 Å². The van der Waals surface area contributed by atoms with Gasteiger partial charge in [0.2, 0.25) is 0 Å². The quantitative estimate of drug-likeness (QED) is 0.618. The topological polar surface area (TPSA) is 52.6 Å². The van der Waals surface area contributed by atoms with Crippen molar-refractivity contribution in [3.05, 3.63) is 29.8 Å². The first-order valence-corrected chi connectivity index (χ1v) is 5.85. The molecule has 0 bridgehead atoms. The fourth-order valence-corrected chi connectivity index (χ4v) is 1.66. The van der Waals surface area contributed by atoms with E-state index >= 15 is 0 Å². The molecule has 0 N–H and O–H groups in total. The summed E-state index contributed by atoms with van der Waals surface area (Å²) in [6.07, 6.45) is -0.283. The Hall–Kier alpha value is -1.84. The molecule has 0 aliphatic heterocycles. The molecule has 0 saturated carbocycles. The van der Waals surface area contributed by atoms with Crippen LogP contribution >= 0.6 is 0 Å². The van der Waals surface area contributed by atoms with Gasteiger partial charge in [-0.2, -0.15) is 0 Å². The number of hydrogen-bond acceptors (Lipinski definition) is 4. The lowest BCUT2D eigenvalue weighted by Crippen LogP contribution is -2.14. The van der Waals surface area contributed by atoms with Crippen LogP contribution in [0.25, 0.3) is 0 Å². The largest absolute Gasteiger partial charge is 0.457 e. The molecule has 19 heavy (non-hydrogen) atoms. The van der Waals surface area contributed by atoms with Gasteiger partial charge in [-0.25, -0.2) is 0 Å². The minimum atomic E-state index is -0.358. The van der Waals surface area contributed by atoms with Crippen molar-refractivity contribution in [3.8, 4) is 5.75 Å². The van der Waals surface area contributed by atoms with Crippen molar-refractivity contribution in [2.45, 2.75) is 41.2 Å². The van der Waals surface area contributed by atoms with Crippen LogP contribution in [-0.2, 0) is 14.3 Å². The number of ether oxygens (including phenoxy) is 2. The van der Waals surface area contributed by atoms with Crippen LogP contribution in [0.4, 0.5) is 0 Å². The lowest BCUT2D eigenvalue weighted by atomic mass is 9.99. The van der Waals surface area contributed by atoms with E-state index in [0.29, 0.717) is 5.75 Å². The lowest BCUT2D eigenvalue weighted by Gasteiger charge is -2.21. The first-order chi connectivity index (χ1) is 8.40. The first-order valence-electron chi connectivity index (χ1n) is 5.85. The highest BCUT2D eigenvalue weighted by molar-refractivity contribution is 5.69. The number of esters is 2. The molecule has 0 radical (unpaired) electrons. The number of hydrogen-bond donors (Lipinski definition) is 0. The Morgan fingerprint density at radius 1 is 1.00 bits per heavy atom. The predicted octanol–water partition coefficient (Wildman–Crippen LogP) is 3.51. The zero-order chi connectivity index (χ0) is 13.7. The van der Waals surface area contributed by atoms with Gasteiger partial charge in [0.25, 0.3) is 0 Å². The second kappa shape index (κ2) is 7.56. The Bertz CT molecular complexity index is 420. The summed E-state index contributed by atoms with van der Waals surface area (Å²) in [5, 5.41) is 0. The molecule has 0 saturated heterocycles. The molecule has 4 nitrogen and oxygen atoms in total. The van der Waals surface area contributed by atoms with E-state index in [0.717, 1.165) is 5.56 Å². The van der Waals surface area contributed by atoms with Gasteiger partial charge in [0.15, 0.2) is 0 Å². The zero-order valence-electron chi connectivity index (χ0n) is 11.1. The van der Waals surface area contributed by atoms with Gasteiger partial charge in [0.1, 0.15) is 11.9 Å². The van der Waals surface area contributed by atoms with Crippen molar-refractivity contribution in [1.29, 1.82) is 0 Å². The van der Waals surface area contributed by atoms with Crippen LogP contribution in [0.1, 0.15) is 46.8 Å². The van der Waals surface area contributed by atoms with Crippen LogP contribution in [0.15, 0.2) is 24.3 Å². The fraction of sp³-hybridized carbons (Fsp3) is 0.467. The van der Waals surface area contributed by atoms with Crippen LogP contribution < -0.4 is 4.74 Å². The third-order valence-corrected chi connectivity index (χ3v) is 2.37. The average Bonchev–Trinajstić information content (AvgIpc) is 2.26. The summed E-state index contributed by atoms with van der Waals surface area (Å²) in [7, 11) is 0. The number of benzene rings is 1. The highest BCUT2D eigenvalue weighted by Gasteiger charge is 2.18. The molecule has 4 heteroatoms. The maximum absolute atomic E-state index is 11.1. The minimum absolute atomic E-state index is 0. The highest BCUT2D eigenvalue weighted by atomic mass is 16.5. The van der Waals surface area contributed by atoms with Crippen molar-refractivity contribution in [3.63, 3.8) is 0 Å². The molecule has 0 aliphatic carbocycles. The van der Waals surface area contributed by atoms with Gasteiger partial charge in [-0.3, -0.25) is 9.59 Å². The second-order valence-electron chi connectivity index (χ2n) is 4.44. The lowest BCUT2D eigenvalue weighted by molar-refractivity contribution is -0.149. The Balaban J connectivity index is 0.00000324. The van der Waals surface area contributed by atoms with Gasteiger partial charge >= 0.3 is 11.9 Å². The van der Waals surface area contributed by atoms with Crippen LogP contribution in [0.2, 0.25) is 0 Å². The van der Waals surface area contributed by atoms with Crippen LogP contribution in [0.3, 0.4) is 0 Å². The highest BCUT2D eigenvalue weighted by Crippen LogP contribution is 2.27. The molecule has 1 atom stereocenters.